The van der Waals surface area contributed by atoms with E-state index < -0.39 is 0 Å². The van der Waals surface area contributed by atoms with E-state index in [0.29, 0.717) is 6.61 Å². The molecule has 1 aliphatic rings. The number of hydrogen-bond donors (Lipinski definition) is 2. The predicted molar refractivity (Wildman–Crippen MR) is 73.9 cm³/mol. The van der Waals surface area contributed by atoms with Crippen molar-refractivity contribution in [3.63, 3.8) is 0 Å². The molecule has 3 N–H and O–H groups in total. The molecule has 2 aromatic rings. The van der Waals surface area contributed by atoms with Crippen molar-refractivity contribution in [2.24, 2.45) is 0 Å². The highest BCUT2D eigenvalue weighted by molar-refractivity contribution is 5.59. The van der Waals surface area contributed by atoms with E-state index in [1.54, 1.807) is 0 Å². The van der Waals surface area contributed by atoms with Gasteiger partial charge in [-0.15, -0.1) is 0 Å². The number of anilines is 2. The Morgan fingerprint density at radius 3 is 2.89 bits per heavy atom. The molecule has 18 heavy (non-hydrogen) atoms. The third kappa shape index (κ3) is 1.88. The van der Waals surface area contributed by atoms with Gasteiger partial charge in [-0.2, -0.15) is 0 Å². The minimum atomic E-state index is 0.212. The van der Waals surface area contributed by atoms with Crippen LogP contribution in [0.15, 0.2) is 42.5 Å². The average molecular weight is 240 g/mol. The first-order valence-corrected chi connectivity index (χ1v) is 6.08. The third-order valence-corrected chi connectivity index (χ3v) is 3.28. The number of aryl methyl sites for hydroxylation is 1. The quantitative estimate of drug-likeness (QED) is 0.793. The van der Waals surface area contributed by atoms with Crippen molar-refractivity contribution in [2.75, 3.05) is 17.7 Å². The minimum Gasteiger partial charge on any atom is -0.491 e. The summed E-state index contributed by atoms with van der Waals surface area (Å²) in [5, 5.41) is 3.51. The lowest BCUT2D eigenvalue weighted by Crippen LogP contribution is -2.12. The summed E-state index contributed by atoms with van der Waals surface area (Å²) in [6.45, 7) is 2.73. The smallest absolute Gasteiger partial charge is 0.124 e. The Morgan fingerprint density at radius 1 is 1.22 bits per heavy atom. The maximum absolute atomic E-state index is 5.76. The van der Waals surface area contributed by atoms with Gasteiger partial charge in [0.15, 0.2) is 0 Å². The molecule has 0 radical (unpaired) electrons. The van der Waals surface area contributed by atoms with E-state index in [0.717, 1.165) is 22.7 Å². The highest BCUT2D eigenvalue weighted by Gasteiger charge is 2.23. The van der Waals surface area contributed by atoms with Crippen LogP contribution in [0.5, 0.6) is 5.75 Å². The summed E-state index contributed by atoms with van der Waals surface area (Å²) in [4.78, 5) is 0. The van der Waals surface area contributed by atoms with E-state index in [1.165, 1.54) is 5.56 Å². The van der Waals surface area contributed by atoms with Crippen LogP contribution in [0.1, 0.15) is 17.2 Å². The second kappa shape index (κ2) is 4.26. The molecule has 0 aliphatic carbocycles. The van der Waals surface area contributed by atoms with Crippen LogP contribution in [0.4, 0.5) is 11.4 Å². The first-order valence-electron chi connectivity index (χ1n) is 6.08. The van der Waals surface area contributed by atoms with Gasteiger partial charge in [-0.05, 0) is 36.8 Å². The van der Waals surface area contributed by atoms with Crippen LogP contribution in [-0.4, -0.2) is 6.61 Å². The molecule has 0 aromatic heterocycles. The van der Waals surface area contributed by atoms with E-state index in [9.17, 15) is 0 Å². The van der Waals surface area contributed by atoms with Gasteiger partial charge < -0.3 is 15.8 Å². The summed E-state index contributed by atoms with van der Waals surface area (Å²) in [5.41, 5.74) is 10.0. The number of nitrogens with one attached hydrogen (secondary N) is 1. The molecule has 0 saturated heterocycles. The zero-order valence-electron chi connectivity index (χ0n) is 10.3. The van der Waals surface area contributed by atoms with Gasteiger partial charge in [0.2, 0.25) is 0 Å². The van der Waals surface area contributed by atoms with E-state index >= 15 is 0 Å². The maximum atomic E-state index is 5.76. The first-order chi connectivity index (χ1) is 8.74. The number of fused-ring (bicyclic) bond motifs is 1. The molecule has 92 valence electrons. The summed E-state index contributed by atoms with van der Waals surface area (Å²) in [5.74, 6) is 0.975. The molecule has 0 saturated carbocycles. The zero-order chi connectivity index (χ0) is 12.5. The number of nitrogen functional groups attached to an aromatic ring is 1. The fourth-order valence-electron chi connectivity index (χ4n) is 2.32. The summed E-state index contributed by atoms with van der Waals surface area (Å²) in [7, 11) is 0. The normalized spacial score (nSPS) is 17.1. The third-order valence-electron chi connectivity index (χ3n) is 3.28. The van der Waals surface area contributed by atoms with E-state index in [2.05, 4.69) is 18.3 Å². The molecule has 1 unspecified atom stereocenters. The Labute approximate surface area is 107 Å². The lowest BCUT2D eigenvalue weighted by atomic mass is 10.1. The standard InChI is InChI=1S/C15H16N2O/c1-10-8-11(16)6-7-13(10)17-14-9-18-15-5-3-2-4-12(14)15/h2-8,14,17H,9,16H2,1H3. The first kappa shape index (κ1) is 11.0. The van der Waals surface area contributed by atoms with Crippen molar-refractivity contribution in [1.29, 1.82) is 0 Å². The van der Waals surface area contributed by atoms with Crippen LogP contribution in [-0.2, 0) is 0 Å². The molecule has 0 bridgehead atoms. The van der Waals surface area contributed by atoms with Gasteiger partial charge in [0.1, 0.15) is 12.4 Å². The monoisotopic (exact) mass is 240 g/mol. The molecule has 1 aliphatic heterocycles. The Hall–Kier alpha value is -2.16. The summed E-state index contributed by atoms with van der Waals surface area (Å²) in [6, 6.07) is 14.3. The second-order valence-corrected chi connectivity index (χ2v) is 4.62. The van der Waals surface area contributed by atoms with Gasteiger partial charge in [-0.3, -0.25) is 0 Å². The molecule has 0 spiro atoms. The molecule has 3 rings (SSSR count). The predicted octanol–water partition coefficient (Wildman–Crippen LogP) is 3.12. The molecule has 3 nitrogen and oxygen atoms in total. The van der Waals surface area contributed by atoms with Gasteiger partial charge in [-0.25, -0.2) is 0 Å². The number of para-hydroxylation sites is 1. The van der Waals surface area contributed by atoms with Gasteiger partial charge in [-0.1, -0.05) is 18.2 Å². The molecule has 1 atom stereocenters. The molecular weight excluding hydrogens is 224 g/mol. The van der Waals surface area contributed by atoms with Crippen molar-refractivity contribution in [3.8, 4) is 5.75 Å². The Morgan fingerprint density at radius 2 is 2.06 bits per heavy atom. The van der Waals surface area contributed by atoms with Crippen LogP contribution in [0.2, 0.25) is 0 Å². The van der Waals surface area contributed by atoms with E-state index in [1.807, 2.05) is 36.4 Å². The Balaban J connectivity index is 1.86. The molecule has 2 aromatic carbocycles. The highest BCUT2D eigenvalue weighted by atomic mass is 16.5. The van der Waals surface area contributed by atoms with Gasteiger partial charge in [0, 0.05) is 16.9 Å². The SMILES string of the molecule is Cc1cc(N)ccc1NC1COc2ccccc21. The van der Waals surface area contributed by atoms with Crippen LogP contribution >= 0.6 is 0 Å². The Bertz CT molecular complexity index is 580. The molecule has 1 heterocycles. The zero-order valence-corrected chi connectivity index (χ0v) is 10.3. The van der Waals surface area contributed by atoms with Crippen molar-refractivity contribution in [3.05, 3.63) is 53.6 Å². The van der Waals surface area contributed by atoms with Crippen LogP contribution in [0.3, 0.4) is 0 Å². The number of benzene rings is 2. The molecular formula is C15H16N2O. The topological polar surface area (TPSA) is 47.3 Å². The number of hydrogen-bond acceptors (Lipinski definition) is 3. The minimum absolute atomic E-state index is 0.212. The molecule has 0 fully saturated rings. The van der Waals surface area contributed by atoms with Gasteiger partial charge in [0.25, 0.3) is 0 Å². The van der Waals surface area contributed by atoms with Crippen molar-refractivity contribution < 1.29 is 4.74 Å². The van der Waals surface area contributed by atoms with Gasteiger partial charge in [0.05, 0.1) is 6.04 Å². The van der Waals surface area contributed by atoms with Gasteiger partial charge >= 0.3 is 0 Å². The number of nitrogens with two attached hydrogens (primary N) is 1. The van der Waals surface area contributed by atoms with E-state index in [4.69, 9.17) is 10.5 Å². The summed E-state index contributed by atoms with van der Waals surface area (Å²) < 4.78 is 5.66. The maximum Gasteiger partial charge on any atom is 0.124 e. The lowest BCUT2D eigenvalue weighted by Gasteiger charge is -2.15. The number of ether oxygens (including phenoxy) is 1. The van der Waals surface area contributed by atoms with Crippen molar-refractivity contribution in [2.45, 2.75) is 13.0 Å². The lowest BCUT2D eigenvalue weighted by molar-refractivity contribution is 0.340. The molecule has 0 amide bonds. The summed E-state index contributed by atoms with van der Waals surface area (Å²) in [6.07, 6.45) is 0. The van der Waals surface area contributed by atoms with Crippen LogP contribution < -0.4 is 15.8 Å². The summed E-state index contributed by atoms with van der Waals surface area (Å²) >= 11 is 0. The average Bonchev–Trinajstić information content (AvgIpc) is 2.76. The Kier molecular flexibility index (Phi) is 2.59. The number of rotatable bonds is 2. The highest BCUT2D eigenvalue weighted by Crippen LogP contribution is 2.34. The molecule has 3 heteroatoms. The second-order valence-electron chi connectivity index (χ2n) is 4.62. The van der Waals surface area contributed by atoms with Crippen LogP contribution in [0.25, 0.3) is 0 Å². The van der Waals surface area contributed by atoms with Crippen molar-refractivity contribution >= 4 is 11.4 Å². The fourth-order valence-corrected chi connectivity index (χ4v) is 2.32. The van der Waals surface area contributed by atoms with Crippen LogP contribution in [0, 0.1) is 6.92 Å². The van der Waals surface area contributed by atoms with E-state index in [-0.39, 0.29) is 6.04 Å². The largest absolute Gasteiger partial charge is 0.491 e. The fraction of sp³-hybridized carbons (Fsp3) is 0.200. The van der Waals surface area contributed by atoms with Crippen molar-refractivity contribution in [1.82, 2.24) is 0 Å².